The second-order valence-electron chi connectivity index (χ2n) is 6.31. The number of hydrogen-bond acceptors (Lipinski definition) is 5. The van der Waals surface area contributed by atoms with Crippen molar-refractivity contribution in [2.75, 3.05) is 11.9 Å². The smallest absolute Gasteiger partial charge is 0.274 e. The van der Waals surface area contributed by atoms with Crippen LogP contribution in [-0.4, -0.2) is 38.1 Å². The van der Waals surface area contributed by atoms with Crippen LogP contribution >= 0.6 is 43.5 Å². The number of aryl methyl sites for hydroxylation is 1. The first-order valence-corrected chi connectivity index (χ1v) is 10.7. The Labute approximate surface area is 200 Å². The average Bonchev–Trinajstić information content (AvgIpc) is 3.11. The Morgan fingerprint density at radius 1 is 1.35 bits per heavy atom. The van der Waals surface area contributed by atoms with E-state index in [0.29, 0.717) is 25.3 Å². The van der Waals surface area contributed by atoms with Gasteiger partial charge in [-0.25, -0.2) is 15.5 Å². The second-order valence-corrected chi connectivity index (χ2v) is 8.44. The molecule has 2 heterocycles. The van der Waals surface area contributed by atoms with Crippen molar-refractivity contribution in [1.29, 1.82) is 0 Å². The molecule has 0 aliphatic rings. The van der Waals surface area contributed by atoms with Gasteiger partial charge in [0, 0.05) is 16.7 Å². The van der Waals surface area contributed by atoms with Crippen molar-refractivity contribution < 1.29 is 9.59 Å². The Bertz CT molecular complexity index is 1220. The molecule has 2 amide bonds. The summed E-state index contributed by atoms with van der Waals surface area (Å²) in [6, 6.07) is 8.14. The highest BCUT2D eigenvalue weighted by molar-refractivity contribution is 9.10. The van der Waals surface area contributed by atoms with Gasteiger partial charge in [0.05, 0.1) is 22.8 Å². The second kappa shape index (κ2) is 9.62. The van der Waals surface area contributed by atoms with E-state index < -0.39 is 11.8 Å². The molecule has 3 aromatic rings. The van der Waals surface area contributed by atoms with Crippen molar-refractivity contribution >= 4 is 61.0 Å². The molecule has 31 heavy (non-hydrogen) atoms. The zero-order chi connectivity index (χ0) is 22.7. The van der Waals surface area contributed by atoms with Gasteiger partial charge in [-0.1, -0.05) is 33.5 Å². The molecule has 3 N–H and O–H groups in total. The molecule has 2 aromatic heterocycles. The summed E-state index contributed by atoms with van der Waals surface area (Å²) in [6.45, 7) is 1.66. The number of benzene rings is 1. The van der Waals surface area contributed by atoms with E-state index in [2.05, 4.69) is 53.2 Å². The zero-order valence-electron chi connectivity index (χ0n) is 16.1. The molecule has 0 aliphatic heterocycles. The Hall–Kier alpha value is -2.71. The normalized spacial score (nSPS) is 10.5. The predicted octanol–water partition coefficient (Wildman–Crippen LogP) is 3.96. The minimum Gasteiger partial charge on any atom is -0.320 e. The molecule has 0 saturated heterocycles. The molecule has 0 fully saturated rings. The largest absolute Gasteiger partial charge is 0.320 e. The first kappa shape index (κ1) is 23.0. The number of aromatic nitrogens is 3. The molecule has 158 valence electrons. The number of nitrogens with two attached hydrogens (primary N) is 1. The Morgan fingerprint density at radius 3 is 2.77 bits per heavy atom. The molecule has 3 rings (SSSR count). The monoisotopic (exact) mass is 564 g/mol. The summed E-state index contributed by atoms with van der Waals surface area (Å²) < 4.78 is 2.37. The van der Waals surface area contributed by atoms with Crippen LogP contribution in [0.1, 0.15) is 26.4 Å². The van der Waals surface area contributed by atoms with Gasteiger partial charge >= 0.3 is 0 Å². The number of terminal acetylenes is 1. The van der Waals surface area contributed by atoms with Gasteiger partial charge in [-0.3, -0.25) is 14.6 Å². The van der Waals surface area contributed by atoms with Gasteiger partial charge in [0.1, 0.15) is 10.3 Å². The van der Waals surface area contributed by atoms with Crippen LogP contribution in [-0.2, 0) is 0 Å². The van der Waals surface area contributed by atoms with Gasteiger partial charge in [-0.15, -0.1) is 6.42 Å². The molecule has 8 nitrogen and oxygen atoms in total. The van der Waals surface area contributed by atoms with Crippen LogP contribution in [0.2, 0.25) is 5.02 Å². The van der Waals surface area contributed by atoms with Crippen LogP contribution in [0.5, 0.6) is 0 Å². The number of rotatable bonds is 5. The number of nitrogens with one attached hydrogen (secondary N) is 1. The summed E-state index contributed by atoms with van der Waals surface area (Å²) in [5, 5.41) is 8.24. The molecule has 0 aliphatic carbocycles. The highest BCUT2D eigenvalue weighted by atomic mass is 79.9. The van der Waals surface area contributed by atoms with E-state index in [1.165, 1.54) is 16.9 Å². The number of carbonyl (C=O) groups excluding carboxylic acids is 2. The Morgan fingerprint density at radius 2 is 2.10 bits per heavy atom. The van der Waals surface area contributed by atoms with Gasteiger partial charge in [0.2, 0.25) is 0 Å². The van der Waals surface area contributed by atoms with E-state index in [9.17, 15) is 9.59 Å². The van der Waals surface area contributed by atoms with Gasteiger partial charge in [0.15, 0.2) is 5.82 Å². The maximum Gasteiger partial charge on any atom is 0.274 e. The summed E-state index contributed by atoms with van der Waals surface area (Å²) in [4.78, 5) is 30.2. The number of anilines is 1. The highest BCUT2D eigenvalue weighted by Gasteiger charge is 2.23. The summed E-state index contributed by atoms with van der Waals surface area (Å²) in [7, 11) is 0. The van der Waals surface area contributed by atoms with Crippen molar-refractivity contribution in [2.24, 2.45) is 5.84 Å². The van der Waals surface area contributed by atoms with Crippen LogP contribution in [0.4, 0.5) is 5.69 Å². The number of carbonyl (C=O) groups is 2. The maximum absolute atomic E-state index is 13.2. The third-order valence-electron chi connectivity index (χ3n) is 4.14. The lowest BCUT2D eigenvalue weighted by atomic mass is 10.1. The third kappa shape index (κ3) is 4.97. The fraction of sp³-hybridized carbons (Fsp3) is 0.100. The van der Waals surface area contributed by atoms with Gasteiger partial charge < -0.3 is 5.32 Å². The molecule has 0 bridgehead atoms. The number of amides is 2. The SMILES string of the molecule is C#CCN(N)C(=O)c1cc(Br)cc(C)c1NC(=O)c1cc(Br)nn1-c1ncccc1Cl. The van der Waals surface area contributed by atoms with Crippen LogP contribution in [0, 0.1) is 19.3 Å². The van der Waals surface area contributed by atoms with E-state index in [1.54, 1.807) is 31.2 Å². The van der Waals surface area contributed by atoms with Crippen molar-refractivity contribution in [1.82, 2.24) is 19.8 Å². The zero-order valence-corrected chi connectivity index (χ0v) is 20.0. The van der Waals surface area contributed by atoms with E-state index in [4.69, 9.17) is 23.9 Å². The quantitative estimate of drug-likeness (QED) is 0.211. The highest BCUT2D eigenvalue weighted by Crippen LogP contribution is 2.28. The Kier molecular flexibility index (Phi) is 7.12. The molecule has 0 atom stereocenters. The molecular weight excluding hydrogens is 552 g/mol. The van der Waals surface area contributed by atoms with E-state index in [1.807, 2.05) is 0 Å². The molecule has 0 spiro atoms. The first-order valence-electron chi connectivity index (χ1n) is 8.71. The third-order valence-corrected chi connectivity index (χ3v) is 5.28. The minimum absolute atomic E-state index is 0.0876. The van der Waals surface area contributed by atoms with Crippen molar-refractivity contribution in [2.45, 2.75) is 6.92 Å². The topological polar surface area (TPSA) is 106 Å². The first-order chi connectivity index (χ1) is 14.7. The summed E-state index contributed by atoms with van der Waals surface area (Å²) in [6.07, 6.45) is 6.79. The lowest BCUT2D eigenvalue weighted by Crippen LogP contribution is -2.38. The Balaban J connectivity index is 2.04. The fourth-order valence-electron chi connectivity index (χ4n) is 2.79. The lowest BCUT2D eigenvalue weighted by Gasteiger charge is -2.19. The van der Waals surface area contributed by atoms with Crippen molar-refractivity contribution in [3.8, 4) is 18.2 Å². The van der Waals surface area contributed by atoms with Crippen LogP contribution in [0.3, 0.4) is 0 Å². The number of halogens is 3. The summed E-state index contributed by atoms with van der Waals surface area (Å²) >= 11 is 12.9. The number of hydrazine groups is 1. The van der Waals surface area contributed by atoms with Gasteiger partial charge in [0.25, 0.3) is 11.8 Å². The van der Waals surface area contributed by atoms with E-state index >= 15 is 0 Å². The molecular formula is C20H15Br2ClN6O2. The van der Waals surface area contributed by atoms with Gasteiger partial charge in [-0.05, 0) is 52.7 Å². The average molecular weight is 567 g/mol. The van der Waals surface area contributed by atoms with Crippen LogP contribution < -0.4 is 11.2 Å². The molecule has 1 aromatic carbocycles. The maximum atomic E-state index is 13.2. The van der Waals surface area contributed by atoms with E-state index in [-0.39, 0.29) is 23.6 Å². The molecule has 11 heteroatoms. The van der Waals surface area contributed by atoms with E-state index in [0.717, 1.165) is 5.01 Å². The number of nitrogens with zero attached hydrogens (tertiary/aromatic N) is 4. The standard InChI is InChI=1S/C20H15Br2ClN6O2/c1-3-7-28(24)20(31)13-9-12(21)8-11(2)17(13)26-19(30)15-10-16(22)27-29(15)18-14(23)5-4-6-25-18/h1,4-6,8-10H,7,24H2,2H3,(H,26,30). The molecule has 0 unspecified atom stereocenters. The summed E-state index contributed by atoms with van der Waals surface area (Å²) in [5.41, 5.74) is 1.27. The predicted molar refractivity (Wildman–Crippen MR) is 125 cm³/mol. The summed E-state index contributed by atoms with van der Waals surface area (Å²) in [5.74, 6) is 7.29. The van der Waals surface area contributed by atoms with Crippen LogP contribution in [0.25, 0.3) is 5.82 Å². The molecule has 0 saturated carbocycles. The van der Waals surface area contributed by atoms with Crippen molar-refractivity contribution in [3.63, 3.8) is 0 Å². The minimum atomic E-state index is -0.542. The fourth-order valence-corrected chi connectivity index (χ4v) is 3.94. The van der Waals surface area contributed by atoms with Gasteiger partial charge in [-0.2, -0.15) is 5.10 Å². The lowest BCUT2D eigenvalue weighted by molar-refractivity contribution is 0.0777. The number of hydrogen-bond donors (Lipinski definition) is 2. The van der Waals surface area contributed by atoms with Crippen LogP contribution in [0.15, 0.2) is 45.6 Å². The van der Waals surface area contributed by atoms with Crippen molar-refractivity contribution in [3.05, 3.63) is 67.4 Å². The molecule has 0 radical (unpaired) electrons. The number of pyridine rings is 1.